The highest BCUT2D eigenvalue weighted by Gasteiger charge is 2.21. The highest BCUT2D eigenvalue weighted by atomic mass is 35.5. The molecule has 6 nitrogen and oxygen atoms in total. The summed E-state index contributed by atoms with van der Waals surface area (Å²) in [7, 11) is 0. The molecule has 0 fully saturated rings. The van der Waals surface area contributed by atoms with Crippen molar-refractivity contribution in [3.05, 3.63) is 70.5 Å². The molecule has 0 spiro atoms. The van der Waals surface area contributed by atoms with E-state index in [9.17, 15) is 0 Å². The van der Waals surface area contributed by atoms with E-state index in [-0.39, 0.29) is 0 Å². The minimum absolute atomic E-state index is 0.351. The average molecular weight is 398 g/mol. The van der Waals surface area contributed by atoms with Crippen LogP contribution in [0.15, 0.2) is 42.7 Å². The summed E-state index contributed by atoms with van der Waals surface area (Å²) in [5, 5.41) is 8.92. The Hall–Kier alpha value is -2.44. The van der Waals surface area contributed by atoms with Crippen LogP contribution in [-0.2, 0) is 32.5 Å². The normalized spacial score (nSPS) is 16.0. The summed E-state index contributed by atoms with van der Waals surface area (Å²) in [5.74, 6) is 2.86. The first kappa shape index (κ1) is 18.9. The third-order valence-electron chi connectivity index (χ3n) is 4.94. The van der Waals surface area contributed by atoms with Gasteiger partial charge < -0.3 is 10.1 Å². The molecule has 0 saturated heterocycles. The molecule has 1 atom stereocenters. The van der Waals surface area contributed by atoms with Gasteiger partial charge in [0, 0.05) is 54.0 Å². The Labute approximate surface area is 169 Å². The molecule has 1 unspecified atom stereocenters. The molecule has 1 aliphatic heterocycles. The van der Waals surface area contributed by atoms with Gasteiger partial charge in [-0.1, -0.05) is 24.6 Å². The predicted molar refractivity (Wildman–Crippen MR) is 108 cm³/mol. The van der Waals surface area contributed by atoms with Gasteiger partial charge >= 0.3 is 0 Å². The maximum atomic E-state index is 6.23. The van der Waals surface area contributed by atoms with Crippen molar-refractivity contribution >= 4 is 11.6 Å². The first-order valence-corrected chi connectivity index (χ1v) is 10.0. The van der Waals surface area contributed by atoms with Crippen molar-refractivity contribution in [2.45, 2.75) is 51.9 Å². The van der Waals surface area contributed by atoms with Gasteiger partial charge in [-0.2, -0.15) is 5.10 Å². The standard InChI is InChI=1S/C21H24ClN5O/c1-2-20-25-21-8-6-18(13-27(21)26-20)24-12-16-10-17(22)5-7-19(16)28-14-15-4-3-9-23-11-15/h3-5,7,9-11,18,24H,2,6,8,12-14H2,1H3. The molecule has 0 amide bonds. The third kappa shape index (κ3) is 4.51. The highest BCUT2D eigenvalue weighted by Crippen LogP contribution is 2.24. The van der Waals surface area contributed by atoms with Gasteiger partial charge in [-0.15, -0.1) is 0 Å². The topological polar surface area (TPSA) is 64.9 Å². The number of pyridine rings is 1. The van der Waals surface area contributed by atoms with Crippen molar-refractivity contribution in [1.82, 2.24) is 25.1 Å². The summed E-state index contributed by atoms with van der Waals surface area (Å²) in [5.41, 5.74) is 2.09. The zero-order valence-electron chi connectivity index (χ0n) is 15.9. The van der Waals surface area contributed by atoms with Crippen molar-refractivity contribution in [2.24, 2.45) is 0 Å². The molecule has 0 radical (unpaired) electrons. The molecule has 2 aromatic heterocycles. The number of ether oxygens (including phenoxy) is 1. The molecule has 0 aliphatic carbocycles. The second-order valence-corrected chi connectivity index (χ2v) is 7.43. The van der Waals surface area contributed by atoms with Gasteiger partial charge in [-0.25, -0.2) is 9.67 Å². The van der Waals surface area contributed by atoms with Gasteiger partial charge in [0.25, 0.3) is 0 Å². The van der Waals surface area contributed by atoms with E-state index in [4.69, 9.17) is 16.3 Å². The molecule has 0 bridgehead atoms. The molecule has 1 aromatic carbocycles. The van der Waals surface area contributed by atoms with Crippen molar-refractivity contribution < 1.29 is 4.74 Å². The summed E-state index contributed by atoms with van der Waals surface area (Å²) in [6, 6.07) is 10.0. The second-order valence-electron chi connectivity index (χ2n) is 7.00. The SMILES string of the molecule is CCc1nc2n(n1)CC(NCc1cc(Cl)ccc1OCc1cccnc1)CC2. The monoisotopic (exact) mass is 397 g/mol. The Morgan fingerprint density at radius 1 is 1.32 bits per heavy atom. The lowest BCUT2D eigenvalue weighted by Gasteiger charge is -2.24. The fourth-order valence-electron chi connectivity index (χ4n) is 3.40. The van der Waals surface area contributed by atoms with Crippen molar-refractivity contribution in [3.63, 3.8) is 0 Å². The van der Waals surface area contributed by atoms with Crippen LogP contribution in [0.5, 0.6) is 5.75 Å². The lowest BCUT2D eigenvalue weighted by molar-refractivity contribution is 0.299. The first-order chi connectivity index (χ1) is 13.7. The van der Waals surface area contributed by atoms with E-state index in [1.807, 2.05) is 41.2 Å². The van der Waals surface area contributed by atoms with Crippen LogP contribution in [0.2, 0.25) is 5.02 Å². The highest BCUT2D eigenvalue weighted by molar-refractivity contribution is 6.30. The molecular weight excluding hydrogens is 374 g/mol. The maximum absolute atomic E-state index is 6.23. The number of halogens is 1. The third-order valence-corrected chi connectivity index (χ3v) is 5.17. The minimum Gasteiger partial charge on any atom is -0.489 e. The summed E-state index contributed by atoms with van der Waals surface area (Å²) in [4.78, 5) is 8.71. The van der Waals surface area contributed by atoms with Gasteiger partial charge in [0.05, 0.1) is 6.54 Å². The Bertz CT molecular complexity index is 928. The molecular formula is C21H24ClN5O. The van der Waals surface area contributed by atoms with Gasteiger partial charge in [-0.05, 0) is 30.7 Å². The molecule has 1 N–H and O–H groups in total. The van der Waals surface area contributed by atoms with Crippen LogP contribution in [-0.4, -0.2) is 25.8 Å². The molecule has 0 saturated carbocycles. The number of benzene rings is 1. The quantitative estimate of drug-likeness (QED) is 0.660. The summed E-state index contributed by atoms with van der Waals surface area (Å²) < 4.78 is 8.07. The minimum atomic E-state index is 0.351. The summed E-state index contributed by atoms with van der Waals surface area (Å²) in [6.45, 7) is 4.10. The molecule has 4 rings (SSSR count). The summed E-state index contributed by atoms with van der Waals surface area (Å²) >= 11 is 6.23. The van der Waals surface area contributed by atoms with E-state index >= 15 is 0 Å². The van der Waals surface area contributed by atoms with Gasteiger partial charge in [0.1, 0.15) is 18.2 Å². The average Bonchev–Trinajstić information content (AvgIpc) is 3.15. The number of aromatic nitrogens is 4. The molecule has 1 aliphatic rings. The lowest BCUT2D eigenvalue weighted by atomic mass is 10.1. The number of nitrogens with one attached hydrogen (secondary N) is 1. The van der Waals surface area contributed by atoms with Gasteiger partial charge in [-0.3, -0.25) is 4.98 Å². The van der Waals surface area contributed by atoms with E-state index in [0.29, 0.717) is 24.2 Å². The number of hydrogen-bond acceptors (Lipinski definition) is 5. The molecule has 146 valence electrons. The van der Waals surface area contributed by atoms with Crippen LogP contribution in [0.1, 0.15) is 36.1 Å². The van der Waals surface area contributed by atoms with Gasteiger partial charge in [0.15, 0.2) is 5.82 Å². The van der Waals surface area contributed by atoms with Crippen molar-refractivity contribution in [3.8, 4) is 5.75 Å². The van der Waals surface area contributed by atoms with Crippen molar-refractivity contribution in [2.75, 3.05) is 0 Å². The number of aryl methyl sites for hydroxylation is 2. The number of rotatable bonds is 7. The van der Waals surface area contributed by atoms with E-state index in [0.717, 1.165) is 54.3 Å². The van der Waals surface area contributed by atoms with Crippen LogP contribution in [0.3, 0.4) is 0 Å². The predicted octanol–water partition coefficient (Wildman–Crippen LogP) is 3.57. The Morgan fingerprint density at radius 2 is 2.25 bits per heavy atom. The molecule has 28 heavy (non-hydrogen) atoms. The van der Waals surface area contributed by atoms with Crippen LogP contribution < -0.4 is 10.1 Å². The van der Waals surface area contributed by atoms with E-state index in [1.54, 1.807) is 6.20 Å². The fourth-order valence-corrected chi connectivity index (χ4v) is 3.60. The smallest absolute Gasteiger partial charge is 0.150 e. The molecule has 7 heteroatoms. The zero-order valence-corrected chi connectivity index (χ0v) is 16.7. The molecule has 3 aromatic rings. The number of nitrogens with zero attached hydrogens (tertiary/aromatic N) is 4. The van der Waals surface area contributed by atoms with Crippen LogP contribution in [0.4, 0.5) is 0 Å². The Kier molecular flexibility index (Phi) is 5.88. The fraction of sp³-hybridized carbons (Fsp3) is 0.381. The van der Waals surface area contributed by atoms with E-state index in [2.05, 4.69) is 27.3 Å². The maximum Gasteiger partial charge on any atom is 0.150 e. The van der Waals surface area contributed by atoms with Gasteiger partial charge in [0.2, 0.25) is 0 Å². The Balaban J connectivity index is 1.39. The number of fused-ring (bicyclic) bond motifs is 1. The zero-order chi connectivity index (χ0) is 19.3. The summed E-state index contributed by atoms with van der Waals surface area (Å²) in [6.07, 6.45) is 6.45. The number of hydrogen-bond donors (Lipinski definition) is 1. The molecule has 3 heterocycles. The lowest BCUT2D eigenvalue weighted by Crippen LogP contribution is -2.37. The van der Waals surface area contributed by atoms with Crippen LogP contribution in [0.25, 0.3) is 0 Å². The van der Waals surface area contributed by atoms with E-state index < -0.39 is 0 Å². The van der Waals surface area contributed by atoms with Crippen LogP contribution >= 0.6 is 11.6 Å². The largest absolute Gasteiger partial charge is 0.489 e. The van der Waals surface area contributed by atoms with Crippen LogP contribution in [0, 0.1) is 0 Å². The Morgan fingerprint density at radius 3 is 3.07 bits per heavy atom. The first-order valence-electron chi connectivity index (χ1n) is 9.67. The second kappa shape index (κ2) is 8.71. The van der Waals surface area contributed by atoms with Crippen molar-refractivity contribution in [1.29, 1.82) is 0 Å². The van der Waals surface area contributed by atoms with E-state index in [1.165, 1.54) is 0 Å².